The van der Waals surface area contributed by atoms with Crippen LogP contribution in [-0.2, 0) is 14.3 Å². The Morgan fingerprint density at radius 1 is 0.947 bits per heavy atom. The van der Waals surface area contributed by atoms with Gasteiger partial charge in [0.25, 0.3) is 0 Å². The van der Waals surface area contributed by atoms with Gasteiger partial charge in [-0.15, -0.1) is 0 Å². The minimum Gasteiger partial charge on any atom is -0.464 e. The lowest BCUT2D eigenvalue weighted by molar-refractivity contribution is -0.151. The molecule has 0 bridgehead atoms. The van der Waals surface area contributed by atoms with Crippen LogP contribution in [0.3, 0.4) is 0 Å². The van der Waals surface area contributed by atoms with Crippen LogP contribution in [0.15, 0.2) is 0 Å². The van der Waals surface area contributed by atoms with Crippen molar-refractivity contribution in [1.29, 1.82) is 0 Å². The molecule has 0 radical (unpaired) electrons. The summed E-state index contributed by atoms with van der Waals surface area (Å²) < 4.78 is 10.6. The third kappa shape index (κ3) is 13.7. The second-order valence-electron chi connectivity index (χ2n) is 5.25. The van der Waals surface area contributed by atoms with Crippen molar-refractivity contribution in [3.63, 3.8) is 0 Å². The van der Waals surface area contributed by atoms with E-state index < -0.39 is 0 Å². The summed E-state index contributed by atoms with van der Waals surface area (Å²) in [7, 11) is 0. The summed E-state index contributed by atoms with van der Waals surface area (Å²) in [6.07, 6.45) is 10.7. The Labute approximate surface area is 119 Å². The fraction of sp³-hybridized carbons (Fsp3) is 0.938. The summed E-state index contributed by atoms with van der Waals surface area (Å²) in [5.74, 6) is -0.225. The highest BCUT2D eigenvalue weighted by Crippen LogP contribution is 2.06. The van der Waals surface area contributed by atoms with Gasteiger partial charge in [0.05, 0.1) is 12.7 Å². The Morgan fingerprint density at radius 3 is 2.26 bits per heavy atom. The first-order chi connectivity index (χ1) is 9.20. The number of hydrogen-bond acceptors (Lipinski definition) is 3. The molecule has 114 valence electrons. The zero-order chi connectivity index (χ0) is 14.3. The Hall–Kier alpha value is -0.570. The average molecular weight is 272 g/mol. The van der Waals surface area contributed by atoms with Crippen molar-refractivity contribution in [3.8, 4) is 0 Å². The van der Waals surface area contributed by atoms with E-state index in [1.807, 2.05) is 6.92 Å². The van der Waals surface area contributed by atoms with Crippen LogP contribution in [0.4, 0.5) is 0 Å². The molecule has 3 heteroatoms. The van der Waals surface area contributed by atoms with Crippen molar-refractivity contribution in [2.24, 2.45) is 0 Å². The van der Waals surface area contributed by atoms with E-state index in [1.54, 1.807) is 0 Å². The molecular weight excluding hydrogens is 240 g/mol. The number of carbonyl (C=O) groups is 1. The van der Waals surface area contributed by atoms with Crippen molar-refractivity contribution in [1.82, 2.24) is 0 Å². The molecule has 0 aliphatic rings. The first-order valence-corrected chi connectivity index (χ1v) is 7.97. The van der Waals surface area contributed by atoms with E-state index in [-0.39, 0.29) is 18.7 Å². The molecule has 0 fully saturated rings. The van der Waals surface area contributed by atoms with Crippen LogP contribution in [0.25, 0.3) is 0 Å². The van der Waals surface area contributed by atoms with Gasteiger partial charge in [0.1, 0.15) is 6.61 Å². The second kappa shape index (κ2) is 13.9. The highest BCUT2D eigenvalue weighted by Gasteiger charge is 2.07. The van der Waals surface area contributed by atoms with Crippen molar-refractivity contribution in [2.45, 2.75) is 84.7 Å². The van der Waals surface area contributed by atoms with Crippen LogP contribution in [0.1, 0.15) is 78.6 Å². The van der Waals surface area contributed by atoms with Crippen LogP contribution >= 0.6 is 0 Å². The fourth-order valence-corrected chi connectivity index (χ4v) is 1.90. The van der Waals surface area contributed by atoms with Gasteiger partial charge < -0.3 is 9.47 Å². The summed E-state index contributed by atoms with van der Waals surface area (Å²) >= 11 is 0. The molecule has 0 spiro atoms. The fourth-order valence-electron chi connectivity index (χ4n) is 1.90. The van der Waals surface area contributed by atoms with Crippen molar-refractivity contribution in [3.05, 3.63) is 0 Å². The molecule has 1 unspecified atom stereocenters. The van der Waals surface area contributed by atoms with Gasteiger partial charge >= 0.3 is 5.97 Å². The molecule has 1 atom stereocenters. The van der Waals surface area contributed by atoms with E-state index in [0.29, 0.717) is 6.61 Å². The molecule has 19 heavy (non-hydrogen) atoms. The van der Waals surface area contributed by atoms with Crippen LogP contribution < -0.4 is 0 Å². The van der Waals surface area contributed by atoms with E-state index in [1.165, 1.54) is 25.7 Å². The standard InChI is InChI=1S/C16H32O3/c1-4-6-8-9-10-11-13-18-16(17)14-19-15(3)12-7-5-2/h15H,4-14H2,1-3H3. The van der Waals surface area contributed by atoms with Gasteiger partial charge in [-0.25, -0.2) is 4.79 Å². The molecule has 0 N–H and O–H groups in total. The first-order valence-electron chi connectivity index (χ1n) is 7.97. The third-order valence-corrected chi connectivity index (χ3v) is 3.21. The lowest BCUT2D eigenvalue weighted by atomic mass is 10.1. The van der Waals surface area contributed by atoms with Crippen LogP contribution in [-0.4, -0.2) is 25.3 Å². The smallest absolute Gasteiger partial charge is 0.332 e. The highest BCUT2D eigenvalue weighted by molar-refractivity contribution is 5.70. The van der Waals surface area contributed by atoms with Crippen LogP contribution in [0.2, 0.25) is 0 Å². The van der Waals surface area contributed by atoms with Gasteiger partial charge in [-0.1, -0.05) is 58.8 Å². The van der Waals surface area contributed by atoms with Crippen molar-refractivity contribution >= 4 is 5.97 Å². The Balaban J connectivity index is 3.29. The maximum absolute atomic E-state index is 11.4. The highest BCUT2D eigenvalue weighted by atomic mass is 16.6. The number of unbranched alkanes of at least 4 members (excludes halogenated alkanes) is 6. The maximum Gasteiger partial charge on any atom is 0.332 e. The van der Waals surface area contributed by atoms with Gasteiger partial charge in [-0.3, -0.25) is 0 Å². The van der Waals surface area contributed by atoms with Gasteiger partial charge in [0.2, 0.25) is 0 Å². The second-order valence-corrected chi connectivity index (χ2v) is 5.25. The Morgan fingerprint density at radius 2 is 1.58 bits per heavy atom. The molecule has 0 amide bonds. The van der Waals surface area contributed by atoms with Crippen LogP contribution in [0.5, 0.6) is 0 Å². The van der Waals surface area contributed by atoms with Gasteiger partial charge in [0, 0.05) is 0 Å². The van der Waals surface area contributed by atoms with Crippen LogP contribution in [0, 0.1) is 0 Å². The Bertz CT molecular complexity index is 204. The molecule has 0 saturated carbocycles. The van der Waals surface area contributed by atoms with Gasteiger partial charge in [0.15, 0.2) is 0 Å². The molecule has 0 aromatic rings. The first kappa shape index (κ1) is 18.4. The lowest BCUT2D eigenvalue weighted by Crippen LogP contribution is -2.18. The zero-order valence-corrected chi connectivity index (χ0v) is 13.1. The van der Waals surface area contributed by atoms with E-state index in [4.69, 9.17) is 9.47 Å². The van der Waals surface area contributed by atoms with Crippen molar-refractivity contribution in [2.75, 3.05) is 13.2 Å². The minimum atomic E-state index is -0.225. The average Bonchev–Trinajstić information content (AvgIpc) is 2.41. The monoisotopic (exact) mass is 272 g/mol. The molecule has 0 aliphatic carbocycles. The SMILES string of the molecule is CCCCCCCCOC(=O)COC(C)CCCC. The third-order valence-electron chi connectivity index (χ3n) is 3.21. The van der Waals surface area contributed by atoms with E-state index in [9.17, 15) is 4.79 Å². The maximum atomic E-state index is 11.4. The predicted molar refractivity (Wildman–Crippen MR) is 79.3 cm³/mol. The number of rotatable bonds is 13. The summed E-state index contributed by atoms with van der Waals surface area (Å²) in [4.78, 5) is 11.4. The number of hydrogen-bond donors (Lipinski definition) is 0. The lowest BCUT2D eigenvalue weighted by Gasteiger charge is -2.12. The number of ether oxygens (including phenoxy) is 2. The topological polar surface area (TPSA) is 35.5 Å². The minimum absolute atomic E-state index is 0.0979. The summed E-state index contributed by atoms with van der Waals surface area (Å²) in [5, 5.41) is 0. The molecule has 0 saturated heterocycles. The molecule has 0 aliphatic heterocycles. The molecule has 3 nitrogen and oxygen atoms in total. The van der Waals surface area contributed by atoms with E-state index >= 15 is 0 Å². The molecule has 0 aromatic carbocycles. The van der Waals surface area contributed by atoms with E-state index in [0.717, 1.165) is 32.1 Å². The number of carbonyl (C=O) groups excluding carboxylic acids is 1. The zero-order valence-electron chi connectivity index (χ0n) is 13.1. The summed E-state index contributed by atoms with van der Waals surface area (Å²) in [6, 6.07) is 0. The molecule has 0 aromatic heterocycles. The molecule has 0 rings (SSSR count). The van der Waals surface area contributed by atoms with Gasteiger partial charge in [-0.05, 0) is 19.8 Å². The Kier molecular flexibility index (Phi) is 13.4. The largest absolute Gasteiger partial charge is 0.464 e. The molecule has 0 heterocycles. The van der Waals surface area contributed by atoms with E-state index in [2.05, 4.69) is 13.8 Å². The predicted octanol–water partition coefficient (Wildman–Crippen LogP) is 4.49. The summed E-state index contributed by atoms with van der Waals surface area (Å²) in [6.45, 7) is 7.01. The van der Waals surface area contributed by atoms with Gasteiger partial charge in [-0.2, -0.15) is 0 Å². The normalized spacial score (nSPS) is 12.4. The van der Waals surface area contributed by atoms with Crippen molar-refractivity contribution < 1.29 is 14.3 Å². The number of esters is 1. The molecular formula is C16H32O3. The quantitative estimate of drug-likeness (QED) is 0.366. The summed E-state index contributed by atoms with van der Waals surface area (Å²) in [5.41, 5.74) is 0.